The minimum Gasteiger partial charge on any atom is -0.492 e. The summed E-state index contributed by atoms with van der Waals surface area (Å²) in [4.78, 5) is 0. The van der Waals surface area contributed by atoms with Crippen molar-refractivity contribution in [3.8, 4) is 5.75 Å². The highest BCUT2D eigenvalue weighted by atomic mass is 32.2. The second kappa shape index (κ2) is 7.26. The van der Waals surface area contributed by atoms with Crippen molar-refractivity contribution in [2.24, 2.45) is 0 Å². The van der Waals surface area contributed by atoms with Crippen molar-refractivity contribution in [3.63, 3.8) is 0 Å². The van der Waals surface area contributed by atoms with E-state index in [-0.39, 0.29) is 17.9 Å². The summed E-state index contributed by atoms with van der Waals surface area (Å²) in [5.74, 6) is 0.501. The molecule has 1 N–H and O–H groups in total. The van der Waals surface area contributed by atoms with Crippen LogP contribution in [0.5, 0.6) is 5.75 Å². The molecule has 8 heteroatoms. The Labute approximate surface area is 156 Å². The van der Waals surface area contributed by atoms with Crippen LogP contribution in [0.4, 0.5) is 4.39 Å². The van der Waals surface area contributed by atoms with Crippen molar-refractivity contribution in [2.75, 3.05) is 19.7 Å². The maximum atomic E-state index is 13.4. The van der Waals surface area contributed by atoms with E-state index in [0.717, 1.165) is 30.6 Å². The number of nitrogens with one attached hydrogen (secondary N) is 1. The molecule has 26 heavy (non-hydrogen) atoms. The van der Waals surface area contributed by atoms with Crippen LogP contribution >= 0.6 is 11.3 Å². The first kappa shape index (κ1) is 17.9. The molecule has 140 valence electrons. The number of benzene rings is 1. The van der Waals surface area contributed by atoms with Crippen LogP contribution in [-0.4, -0.2) is 44.5 Å². The second-order valence-electron chi connectivity index (χ2n) is 6.74. The van der Waals surface area contributed by atoms with Gasteiger partial charge in [-0.1, -0.05) is 6.07 Å². The highest BCUT2D eigenvalue weighted by Crippen LogP contribution is 2.27. The Morgan fingerprint density at radius 1 is 1.19 bits per heavy atom. The molecule has 2 aliphatic rings. The third-order valence-electron chi connectivity index (χ3n) is 4.94. The number of hydrogen-bond donors (Lipinski definition) is 1. The van der Waals surface area contributed by atoms with Gasteiger partial charge in [-0.05, 0) is 54.5 Å². The number of hydrogen-bond acceptors (Lipinski definition) is 5. The fraction of sp³-hybridized carbons (Fsp3) is 0.444. The van der Waals surface area contributed by atoms with E-state index >= 15 is 0 Å². The fourth-order valence-electron chi connectivity index (χ4n) is 3.60. The lowest BCUT2D eigenvalue weighted by Crippen LogP contribution is -2.50. The molecule has 3 heterocycles. The van der Waals surface area contributed by atoms with Crippen molar-refractivity contribution < 1.29 is 17.5 Å². The number of fused-ring (bicyclic) bond motifs is 1. The maximum absolute atomic E-state index is 13.4. The van der Waals surface area contributed by atoms with Gasteiger partial charge in [-0.2, -0.15) is 4.31 Å². The molecule has 0 bridgehead atoms. The van der Waals surface area contributed by atoms with E-state index < -0.39 is 10.0 Å². The molecular formula is C18H21FN2O3S2. The van der Waals surface area contributed by atoms with Crippen LogP contribution in [0.2, 0.25) is 0 Å². The average molecular weight is 397 g/mol. The van der Waals surface area contributed by atoms with Crippen LogP contribution in [0.3, 0.4) is 0 Å². The largest absolute Gasteiger partial charge is 0.492 e. The van der Waals surface area contributed by atoms with Crippen molar-refractivity contribution in [3.05, 3.63) is 47.1 Å². The highest BCUT2D eigenvalue weighted by molar-refractivity contribution is 7.91. The number of nitrogens with zero attached hydrogens (tertiary/aromatic N) is 1. The molecule has 1 atom stereocenters. The van der Waals surface area contributed by atoms with Crippen LogP contribution in [0.15, 0.2) is 39.9 Å². The smallest absolute Gasteiger partial charge is 0.252 e. The average Bonchev–Trinajstić information content (AvgIpc) is 3.17. The van der Waals surface area contributed by atoms with E-state index in [9.17, 15) is 12.8 Å². The van der Waals surface area contributed by atoms with Gasteiger partial charge < -0.3 is 10.1 Å². The Kier molecular flexibility index (Phi) is 5.00. The summed E-state index contributed by atoms with van der Waals surface area (Å²) in [6, 6.07) is 8.39. The molecule has 0 saturated carbocycles. The van der Waals surface area contributed by atoms with Crippen molar-refractivity contribution in [1.82, 2.24) is 9.62 Å². The molecule has 1 saturated heterocycles. The van der Waals surface area contributed by atoms with Gasteiger partial charge in [-0.3, -0.25) is 0 Å². The van der Waals surface area contributed by atoms with Crippen molar-refractivity contribution >= 4 is 21.4 Å². The molecule has 2 aliphatic heterocycles. The molecule has 0 radical (unpaired) electrons. The molecule has 1 aromatic carbocycles. The first-order valence-electron chi connectivity index (χ1n) is 8.73. The van der Waals surface area contributed by atoms with Crippen LogP contribution in [0, 0.1) is 5.82 Å². The third-order valence-corrected chi connectivity index (χ3v) is 8.22. The van der Waals surface area contributed by atoms with Gasteiger partial charge in [0.2, 0.25) is 0 Å². The monoisotopic (exact) mass is 396 g/mol. The molecule has 1 unspecified atom stereocenters. The summed E-state index contributed by atoms with van der Waals surface area (Å²) in [5.41, 5.74) is 0.881. The lowest BCUT2D eigenvalue weighted by Gasteiger charge is -2.35. The standard InChI is InChI=1S/C18H21FN2O3S2/c19-14-3-4-17-13(10-14)11-16(12-24-17)20-15-5-7-21(8-6-15)26(22,23)18-2-1-9-25-18/h1-4,9-10,15-16,20H,5-8,11-12H2. The summed E-state index contributed by atoms with van der Waals surface area (Å²) in [5, 5.41) is 5.34. The Hall–Kier alpha value is -1.48. The molecular weight excluding hydrogens is 375 g/mol. The Morgan fingerprint density at radius 2 is 2.00 bits per heavy atom. The first-order chi connectivity index (χ1) is 12.5. The quantitative estimate of drug-likeness (QED) is 0.863. The zero-order chi connectivity index (χ0) is 18.1. The Balaban J connectivity index is 1.33. The minimum absolute atomic E-state index is 0.120. The first-order valence-corrected chi connectivity index (χ1v) is 11.1. The number of piperidine rings is 1. The maximum Gasteiger partial charge on any atom is 0.252 e. The van der Waals surface area contributed by atoms with Gasteiger partial charge in [-0.15, -0.1) is 11.3 Å². The van der Waals surface area contributed by atoms with E-state index in [1.807, 2.05) is 0 Å². The van der Waals surface area contributed by atoms with Gasteiger partial charge in [-0.25, -0.2) is 12.8 Å². The van der Waals surface area contributed by atoms with Crippen molar-refractivity contribution in [1.29, 1.82) is 0 Å². The molecule has 4 rings (SSSR count). The SMILES string of the molecule is O=S(=O)(c1cccs1)N1CCC(NC2COc3ccc(F)cc3C2)CC1. The summed E-state index contributed by atoms with van der Waals surface area (Å²) in [6.45, 7) is 1.57. The van der Waals surface area contributed by atoms with Crippen LogP contribution in [0.25, 0.3) is 0 Å². The lowest BCUT2D eigenvalue weighted by atomic mass is 9.99. The molecule has 1 fully saturated rings. The predicted molar refractivity (Wildman–Crippen MR) is 98.6 cm³/mol. The lowest BCUT2D eigenvalue weighted by molar-refractivity contribution is 0.204. The van der Waals surface area contributed by atoms with Gasteiger partial charge in [0.1, 0.15) is 22.4 Å². The molecule has 0 aliphatic carbocycles. The number of halogens is 1. The van der Waals surface area contributed by atoms with Gasteiger partial charge in [0.15, 0.2) is 0 Å². The number of ether oxygens (including phenoxy) is 1. The van der Waals surface area contributed by atoms with E-state index in [4.69, 9.17) is 4.74 Å². The van der Waals surface area contributed by atoms with E-state index in [2.05, 4.69) is 5.32 Å². The van der Waals surface area contributed by atoms with Gasteiger partial charge in [0, 0.05) is 25.2 Å². The second-order valence-corrected chi connectivity index (χ2v) is 9.85. The highest BCUT2D eigenvalue weighted by Gasteiger charge is 2.31. The molecule has 2 aromatic rings. The van der Waals surface area contributed by atoms with E-state index in [0.29, 0.717) is 23.9 Å². The summed E-state index contributed by atoms with van der Waals surface area (Å²) < 4.78 is 46.3. The molecule has 0 spiro atoms. The number of sulfonamides is 1. The molecule has 1 aromatic heterocycles. The number of rotatable bonds is 4. The molecule has 5 nitrogen and oxygen atoms in total. The zero-order valence-electron chi connectivity index (χ0n) is 14.2. The van der Waals surface area contributed by atoms with Gasteiger partial charge in [0.25, 0.3) is 10.0 Å². The number of thiophene rings is 1. The topological polar surface area (TPSA) is 58.6 Å². The van der Waals surface area contributed by atoms with Crippen LogP contribution in [-0.2, 0) is 16.4 Å². The fourth-order valence-corrected chi connectivity index (χ4v) is 6.22. The van der Waals surface area contributed by atoms with Gasteiger partial charge in [0.05, 0.1) is 0 Å². The third kappa shape index (κ3) is 3.64. The van der Waals surface area contributed by atoms with E-state index in [1.54, 1.807) is 27.9 Å². The van der Waals surface area contributed by atoms with Gasteiger partial charge >= 0.3 is 0 Å². The predicted octanol–water partition coefficient (Wildman–Crippen LogP) is 2.63. The Morgan fingerprint density at radius 3 is 2.73 bits per heavy atom. The minimum atomic E-state index is -3.36. The normalized spacial score (nSPS) is 22.0. The summed E-state index contributed by atoms with van der Waals surface area (Å²) in [6.07, 6.45) is 2.25. The van der Waals surface area contributed by atoms with Crippen LogP contribution in [0.1, 0.15) is 18.4 Å². The Bertz CT molecular complexity index is 863. The van der Waals surface area contributed by atoms with Crippen molar-refractivity contribution in [2.45, 2.75) is 35.6 Å². The van der Waals surface area contributed by atoms with Crippen LogP contribution < -0.4 is 10.1 Å². The van der Waals surface area contributed by atoms with E-state index in [1.165, 1.54) is 23.5 Å². The summed E-state index contributed by atoms with van der Waals surface area (Å²) in [7, 11) is -3.36. The summed E-state index contributed by atoms with van der Waals surface area (Å²) >= 11 is 1.26. The molecule has 0 amide bonds. The zero-order valence-corrected chi connectivity index (χ0v) is 15.9.